The number of hydrogen-bond donors (Lipinski definition) is 2. The summed E-state index contributed by atoms with van der Waals surface area (Å²) >= 11 is 0. The fourth-order valence-electron chi connectivity index (χ4n) is 1.91. The summed E-state index contributed by atoms with van der Waals surface area (Å²) in [6.45, 7) is 5.71. The zero-order valence-electron chi connectivity index (χ0n) is 12.7. The maximum atomic E-state index is 10.6. The Kier molecular flexibility index (Phi) is 6.10. The molecule has 2 aromatic rings. The predicted molar refractivity (Wildman–Crippen MR) is 83.8 cm³/mol. The van der Waals surface area contributed by atoms with Crippen molar-refractivity contribution in [3.63, 3.8) is 0 Å². The third-order valence-corrected chi connectivity index (χ3v) is 3.19. The first kappa shape index (κ1) is 16.9. The van der Waals surface area contributed by atoms with E-state index in [1.54, 1.807) is 38.1 Å². The van der Waals surface area contributed by atoms with Crippen LogP contribution >= 0.6 is 0 Å². The molecule has 0 aromatic heterocycles. The fourth-order valence-corrected chi connectivity index (χ4v) is 1.91. The summed E-state index contributed by atoms with van der Waals surface area (Å²) in [7, 11) is 0. The topological polar surface area (TPSA) is 64.2 Å². The molecule has 0 bridgehead atoms. The van der Waals surface area contributed by atoms with E-state index >= 15 is 0 Å². The van der Waals surface area contributed by atoms with Gasteiger partial charge in [-0.25, -0.2) is 0 Å². The second-order valence-electron chi connectivity index (χ2n) is 4.94. The van der Waals surface area contributed by atoms with Crippen LogP contribution in [0.2, 0.25) is 0 Å². The van der Waals surface area contributed by atoms with Crippen molar-refractivity contribution in [2.24, 2.45) is 0 Å². The van der Waals surface area contributed by atoms with E-state index in [-0.39, 0.29) is 6.61 Å². The Labute approximate surface area is 126 Å². The van der Waals surface area contributed by atoms with Gasteiger partial charge in [-0.2, -0.15) is 5.26 Å². The molecule has 0 saturated carbocycles. The van der Waals surface area contributed by atoms with Crippen LogP contribution in [0, 0.1) is 18.3 Å². The molecule has 1 unspecified atom stereocenters. The molecular formula is C18H21NO2. The first-order valence-corrected chi connectivity index (χ1v) is 6.86. The number of rotatable bonds is 2. The third-order valence-electron chi connectivity index (χ3n) is 3.19. The van der Waals surface area contributed by atoms with Gasteiger partial charge in [-0.3, -0.25) is 0 Å². The fraction of sp³-hybridized carbons (Fsp3) is 0.278. The summed E-state index contributed by atoms with van der Waals surface area (Å²) in [5.41, 5.74) is 2.35. The highest BCUT2D eigenvalue weighted by molar-refractivity contribution is 5.39. The van der Waals surface area contributed by atoms with Crippen LogP contribution in [0.4, 0.5) is 0 Å². The van der Waals surface area contributed by atoms with Crippen molar-refractivity contribution < 1.29 is 10.2 Å². The lowest BCUT2D eigenvalue weighted by atomic mass is 9.87. The second kappa shape index (κ2) is 7.58. The van der Waals surface area contributed by atoms with Gasteiger partial charge in [-0.15, -0.1) is 0 Å². The van der Waals surface area contributed by atoms with Crippen LogP contribution in [0.1, 0.15) is 36.1 Å². The molecule has 0 spiro atoms. The number of nitriles is 1. The van der Waals surface area contributed by atoms with Gasteiger partial charge in [0.1, 0.15) is 5.60 Å². The maximum Gasteiger partial charge on any atom is 0.112 e. The minimum Gasteiger partial charge on any atom is -0.397 e. The first-order chi connectivity index (χ1) is 9.95. The van der Waals surface area contributed by atoms with Crippen LogP contribution in [0.5, 0.6) is 0 Å². The summed E-state index contributed by atoms with van der Waals surface area (Å²) in [6.07, 6.45) is 0. The predicted octanol–water partition coefficient (Wildman–Crippen LogP) is 3.12. The second-order valence-corrected chi connectivity index (χ2v) is 4.94. The molecule has 0 saturated heterocycles. The van der Waals surface area contributed by atoms with Crippen LogP contribution in [0.15, 0.2) is 48.5 Å². The first-order valence-electron chi connectivity index (χ1n) is 6.86. The number of aryl methyl sites for hydroxylation is 1. The van der Waals surface area contributed by atoms with E-state index < -0.39 is 5.60 Å². The van der Waals surface area contributed by atoms with Gasteiger partial charge >= 0.3 is 0 Å². The molecule has 0 aliphatic rings. The molecule has 0 radical (unpaired) electrons. The van der Waals surface area contributed by atoms with Gasteiger partial charge in [0, 0.05) is 6.61 Å². The molecule has 1 atom stereocenters. The van der Waals surface area contributed by atoms with E-state index in [0.29, 0.717) is 5.56 Å². The Hall–Kier alpha value is -2.15. The normalized spacial score (nSPS) is 12.6. The van der Waals surface area contributed by atoms with Crippen molar-refractivity contribution in [3.8, 4) is 6.07 Å². The summed E-state index contributed by atoms with van der Waals surface area (Å²) in [5.74, 6) is 0. The molecule has 21 heavy (non-hydrogen) atoms. The number of aliphatic hydroxyl groups is 2. The molecule has 110 valence electrons. The van der Waals surface area contributed by atoms with E-state index in [9.17, 15) is 5.11 Å². The van der Waals surface area contributed by atoms with Crippen molar-refractivity contribution >= 4 is 0 Å². The van der Waals surface area contributed by atoms with Crippen LogP contribution in [-0.2, 0) is 5.60 Å². The summed E-state index contributed by atoms with van der Waals surface area (Å²) in [6, 6.07) is 16.9. The summed E-state index contributed by atoms with van der Waals surface area (Å²) in [4.78, 5) is 0. The average Bonchev–Trinajstić information content (AvgIpc) is 2.48. The lowest BCUT2D eigenvalue weighted by Gasteiger charge is -2.24. The summed E-state index contributed by atoms with van der Waals surface area (Å²) in [5, 5.41) is 27.0. The van der Waals surface area contributed by atoms with Crippen LogP contribution in [0.25, 0.3) is 0 Å². The standard InChI is InChI=1S/C16H15NO.C2H6O/c1-12-3-7-14(8-4-12)16(2,18)15-9-5-13(11-17)6-10-15;1-2-3/h3-10,18H,1-2H3;3H,2H2,1H3. The third kappa shape index (κ3) is 4.42. The van der Waals surface area contributed by atoms with Crippen LogP contribution in [-0.4, -0.2) is 16.8 Å². The van der Waals surface area contributed by atoms with Crippen molar-refractivity contribution in [2.75, 3.05) is 6.61 Å². The molecule has 0 aliphatic carbocycles. The maximum absolute atomic E-state index is 10.6. The minimum absolute atomic E-state index is 0.250. The Bertz CT molecular complexity index is 593. The van der Waals surface area contributed by atoms with Gasteiger partial charge in [0.15, 0.2) is 0 Å². The number of benzene rings is 2. The molecule has 0 fully saturated rings. The Balaban J connectivity index is 0.000000677. The van der Waals surface area contributed by atoms with Gasteiger partial charge in [0.2, 0.25) is 0 Å². The molecule has 3 nitrogen and oxygen atoms in total. The highest BCUT2D eigenvalue weighted by Gasteiger charge is 2.25. The van der Waals surface area contributed by atoms with Gasteiger partial charge in [0.25, 0.3) is 0 Å². The lowest BCUT2D eigenvalue weighted by Crippen LogP contribution is -2.22. The largest absolute Gasteiger partial charge is 0.397 e. The van der Waals surface area contributed by atoms with Crippen molar-refractivity contribution in [2.45, 2.75) is 26.4 Å². The Morgan fingerprint density at radius 1 is 1.00 bits per heavy atom. The number of nitrogens with zero attached hydrogens (tertiary/aromatic N) is 1. The van der Waals surface area contributed by atoms with Crippen molar-refractivity contribution in [1.29, 1.82) is 5.26 Å². The zero-order chi connectivity index (χ0) is 15.9. The molecule has 0 heterocycles. The van der Waals surface area contributed by atoms with E-state index in [1.807, 2.05) is 31.2 Å². The Morgan fingerprint density at radius 3 is 1.76 bits per heavy atom. The molecule has 2 aromatic carbocycles. The number of aliphatic hydroxyl groups excluding tert-OH is 1. The highest BCUT2D eigenvalue weighted by Crippen LogP contribution is 2.29. The highest BCUT2D eigenvalue weighted by atomic mass is 16.3. The van der Waals surface area contributed by atoms with E-state index in [1.165, 1.54) is 0 Å². The smallest absolute Gasteiger partial charge is 0.112 e. The quantitative estimate of drug-likeness (QED) is 0.890. The van der Waals surface area contributed by atoms with Crippen LogP contribution in [0.3, 0.4) is 0 Å². The van der Waals surface area contributed by atoms with E-state index in [2.05, 4.69) is 6.07 Å². The molecule has 0 amide bonds. The van der Waals surface area contributed by atoms with Crippen LogP contribution < -0.4 is 0 Å². The SMILES string of the molecule is CCO.Cc1ccc(C(C)(O)c2ccc(C#N)cc2)cc1. The van der Waals surface area contributed by atoms with Gasteiger partial charge < -0.3 is 10.2 Å². The molecule has 0 aliphatic heterocycles. The monoisotopic (exact) mass is 283 g/mol. The van der Waals surface area contributed by atoms with Gasteiger partial charge in [0.05, 0.1) is 11.6 Å². The zero-order valence-corrected chi connectivity index (χ0v) is 12.7. The lowest BCUT2D eigenvalue weighted by molar-refractivity contribution is 0.102. The molecule has 3 heteroatoms. The molecule has 2 rings (SSSR count). The molecular weight excluding hydrogens is 262 g/mol. The Morgan fingerprint density at radius 2 is 1.38 bits per heavy atom. The van der Waals surface area contributed by atoms with Crippen molar-refractivity contribution in [1.82, 2.24) is 0 Å². The van der Waals surface area contributed by atoms with Crippen molar-refractivity contribution in [3.05, 3.63) is 70.8 Å². The average molecular weight is 283 g/mol. The summed E-state index contributed by atoms with van der Waals surface area (Å²) < 4.78 is 0. The van der Waals surface area contributed by atoms with E-state index in [0.717, 1.165) is 16.7 Å². The van der Waals surface area contributed by atoms with Gasteiger partial charge in [-0.05, 0) is 44.0 Å². The molecule has 2 N–H and O–H groups in total. The minimum atomic E-state index is -1.04. The van der Waals surface area contributed by atoms with Gasteiger partial charge in [-0.1, -0.05) is 42.0 Å². The number of hydrogen-bond acceptors (Lipinski definition) is 3. The van der Waals surface area contributed by atoms with E-state index in [4.69, 9.17) is 10.4 Å².